The van der Waals surface area contributed by atoms with Crippen LogP contribution in [0.4, 0.5) is 5.69 Å². The number of aromatic hydroxyl groups is 1. The number of hydrogen-bond acceptors (Lipinski definition) is 24. The van der Waals surface area contributed by atoms with Gasteiger partial charge in [0.25, 0.3) is 0 Å². The Hall–Kier alpha value is -15.4. The van der Waals surface area contributed by atoms with E-state index in [0.717, 1.165) is 97.5 Å². The van der Waals surface area contributed by atoms with E-state index in [4.69, 9.17) is 66.3 Å². The van der Waals surface area contributed by atoms with Crippen LogP contribution in [0.5, 0.6) is 57.5 Å². The Bertz CT molecular complexity index is 5170. The third-order valence-electron chi connectivity index (χ3n) is 14.9. The number of hydrogen-bond donors (Lipinski definition) is 1. The van der Waals surface area contributed by atoms with Gasteiger partial charge in [-0.25, -0.2) is 38.4 Å². The summed E-state index contributed by atoms with van der Waals surface area (Å²) in [5.74, 6) is 2.40. The van der Waals surface area contributed by atoms with Gasteiger partial charge in [-0.15, -0.1) is 0 Å². The number of carbonyl (C=O) groups is 8. The molecule has 122 heavy (non-hydrogen) atoms. The Morgan fingerprint density at radius 1 is 0.320 bits per heavy atom. The van der Waals surface area contributed by atoms with E-state index in [9.17, 15) is 43.5 Å². The minimum Gasteiger partial charge on any atom is -0.508 e. The van der Waals surface area contributed by atoms with E-state index in [-0.39, 0.29) is 44.3 Å². The molecule has 0 fully saturated rings. The van der Waals surface area contributed by atoms with Crippen molar-refractivity contribution in [1.82, 2.24) is 0 Å². The molecule has 0 spiro atoms. The molecule has 1 N–H and O–H groups in total. The molecule has 0 aromatic heterocycles. The van der Waals surface area contributed by atoms with Gasteiger partial charge in [0.2, 0.25) is 0 Å². The minimum absolute atomic E-state index is 0.209. The molecule has 11 aromatic rings. The van der Waals surface area contributed by atoms with Crippen molar-refractivity contribution in [3.05, 3.63) is 361 Å². The summed E-state index contributed by atoms with van der Waals surface area (Å²) in [6.45, 7) is 33.0. The van der Waals surface area contributed by atoms with Gasteiger partial charge < -0.3 is 76.3 Å². The molecule has 11 rings (SSSR count). The zero-order valence-electron chi connectivity index (χ0n) is 68.7. The second-order valence-corrected chi connectivity index (χ2v) is 24.5. The van der Waals surface area contributed by atoms with Crippen molar-refractivity contribution in [3.63, 3.8) is 0 Å². The molecule has 0 saturated carbocycles. The van der Waals surface area contributed by atoms with E-state index < -0.39 is 35.8 Å². The number of phenols is 1. The number of esters is 8. The van der Waals surface area contributed by atoms with E-state index >= 15 is 0 Å². The first-order valence-electron chi connectivity index (χ1n) is 37.4. The lowest BCUT2D eigenvalue weighted by molar-refractivity contribution is -0.140. The van der Waals surface area contributed by atoms with Crippen molar-refractivity contribution in [2.75, 3.05) is 85.8 Å². The Labute approximate surface area is 710 Å². The highest BCUT2D eigenvalue weighted by atomic mass is 16.7. The number of benzene rings is 11. The van der Waals surface area contributed by atoms with Gasteiger partial charge in [-0.1, -0.05) is 192 Å². The average Bonchev–Trinajstić information content (AvgIpc) is 0.804. The van der Waals surface area contributed by atoms with Crippen LogP contribution < -0.4 is 47.5 Å². The second-order valence-electron chi connectivity index (χ2n) is 24.5. The molecule has 24 heteroatoms. The van der Waals surface area contributed by atoms with Crippen LogP contribution >= 0.6 is 0 Å². The maximum atomic E-state index is 11.3. The quantitative estimate of drug-likeness (QED) is 0.0102. The van der Waals surface area contributed by atoms with Crippen LogP contribution in [0.1, 0.15) is 13.8 Å². The highest BCUT2D eigenvalue weighted by Crippen LogP contribution is 2.33. The molecule has 0 aliphatic rings. The van der Waals surface area contributed by atoms with Crippen molar-refractivity contribution < 1.29 is 110 Å². The number of nitrogens with zero attached hydrogens (tertiary/aromatic N) is 1. The van der Waals surface area contributed by atoms with Gasteiger partial charge in [0, 0.05) is 85.3 Å². The molecule has 11 aromatic carbocycles. The van der Waals surface area contributed by atoms with Crippen LogP contribution in [0, 0.1) is 0 Å². The zero-order valence-corrected chi connectivity index (χ0v) is 68.7. The lowest BCUT2D eigenvalue weighted by Crippen LogP contribution is -2.12. The molecule has 0 radical (unpaired) electrons. The molecule has 634 valence electrons. The molecule has 0 unspecified atom stereocenters. The number of fused-ring (bicyclic) bond motifs is 3. The summed E-state index contributed by atoms with van der Waals surface area (Å²) in [7, 11) is 5.54. The summed E-state index contributed by atoms with van der Waals surface area (Å²) in [6.07, 6.45) is 6.79. The van der Waals surface area contributed by atoms with Gasteiger partial charge in [-0.2, -0.15) is 0 Å². The van der Waals surface area contributed by atoms with E-state index in [1.54, 1.807) is 124 Å². The predicted octanol–water partition coefficient (Wildman–Crippen LogP) is 18.3. The topological polar surface area (TPSA) is 289 Å². The number of carbonyl (C=O) groups excluding carboxylic acids is 8. The Kier molecular flexibility index (Phi) is 47.4. The molecule has 0 aliphatic heterocycles. The molecule has 0 amide bonds. The monoisotopic (exact) mass is 1660 g/mol. The number of rotatable bonds is 32. The molecular formula is C98H99NO23. The zero-order chi connectivity index (χ0) is 89.1. The Morgan fingerprint density at radius 3 is 1.07 bits per heavy atom. The largest absolute Gasteiger partial charge is 0.508 e. The first-order chi connectivity index (χ1) is 58.9. The second kappa shape index (κ2) is 58.4. The minimum atomic E-state index is -0.488. The van der Waals surface area contributed by atoms with Crippen molar-refractivity contribution in [3.8, 4) is 57.5 Å². The summed E-state index contributed by atoms with van der Waals surface area (Å²) in [4.78, 5) is 89.3. The van der Waals surface area contributed by atoms with Crippen molar-refractivity contribution >= 4 is 85.8 Å². The summed E-state index contributed by atoms with van der Waals surface area (Å²) in [6, 6.07) is 78.8. The lowest BCUT2D eigenvalue weighted by Gasteiger charge is -2.17. The van der Waals surface area contributed by atoms with Gasteiger partial charge in [0.15, 0.2) is 6.79 Å². The Morgan fingerprint density at radius 2 is 0.656 bits per heavy atom. The first-order valence-corrected chi connectivity index (χ1v) is 37.4. The van der Waals surface area contributed by atoms with Crippen LogP contribution in [-0.2, 0) is 62.0 Å². The van der Waals surface area contributed by atoms with Crippen LogP contribution in [0.25, 0.3) is 32.3 Å². The van der Waals surface area contributed by atoms with Crippen LogP contribution in [0.2, 0.25) is 0 Å². The lowest BCUT2D eigenvalue weighted by atomic mass is 10.1. The van der Waals surface area contributed by atoms with Crippen molar-refractivity contribution in [2.45, 2.75) is 13.8 Å². The molecule has 0 aliphatic carbocycles. The van der Waals surface area contributed by atoms with E-state index in [1.165, 1.54) is 0 Å². The average molecular weight is 1660 g/mol. The normalized spacial score (nSPS) is 9.61. The fraction of sp³-hybridized carbons (Fsp3) is 0.143. The van der Waals surface area contributed by atoms with E-state index in [2.05, 4.69) is 52.6 Å². The summed E-state index contributed by atoms with van der Waals surface area (Å²) in [5.41, 5.74) is 1.89. The highest BCUT2D eigenvalue weighted by molar-refractivity contribution is 6.00. The molecule has 0 heterocycles. The third-order valence-corrected chi connectivity index (χ3v) is 14.9. The number of methoxy groups -OCH3 is 1. The van der Waals surface area contributed by atoms with Crippen LogP contribution in [0.3, 0.4) is 0 Å². The van der Waals surface area contributed by atoms with Crippen molar-refractivity contribution in [2.24, 2.45) is 0 Å². The summed E-state index contributed by atoms with van der Waals surface area (Å²) < 4.78 is 70.8. The van der Waals surface area contributed by atoms with E-state index in [1.807, 2.05) is 177 Å². The number of para-hydroxylation sites is 5. The maximum absolute atomic E-state index is 11.3. The molecular weight excluding hydrogens is 1560 g/mol. The maximum Gasteiger partial charge on any atom is 0.338 e. The molecule has 0 bridgehead atoms. The van der Waals surface area contributed by atoms with Crippen LogP contribution in [-0.4, -0.2) is 134 Å². The highest BCUT2D eigenvalue weighted by Gasteiger charge is 2.12. The predicted molar refractivity (Wildman–Crippen MR) is 472 cm³/mol. The summed E-state index contributed by atoms with van der Waals surface area (Å²) in [5, 5.41) is 15.0. The van der Waals surface area contributed by atoms with Crippen LogP contribution in [0.15, 0.2) is 361 Å². The van der Waals surface area contributed by atoms with Gasteiger partial charge in [-0.05, 0) is 157 Å². The van der Waals surface area contributed by atoms with Crippen molar-refractivity contribution in [1.29, 1.82) is 0 Å². The fourth-order valence-electron chi connectivity index (χ4n) is 9.19. The van der Waals surface area contributed by atoms with Gasteiger partial charge >= 0.3 is 47.8 Å². The molecule has 0 saturated heterocycles. The smallest absolute Gasteiger partial charge is 0.338 e. The number of anilines is 1. The Balaban J connectivity index is 0.000000294. The third kappa shape index (κ3) is 41.4. The van der Waals surface area contributed by atoms with Gasteiger partial charge in [0.1, 0.15) is 97.1 Å². The van der Waals surface area contributed by atoms with Gasteiger partial charge in [0.05, 0.1) is 13.2 Å². The van der Waals surface area contributed by atoms with Gasteiger partial charge in [-0.3, -0.25) is 0 Å². The summed E-state index contributed by atoms with van der Waals surface area (Å²) >= 11 is 0. The van der Waals surface area contributed by atoms with E-state index in [0.29, 0.717) is 72.9 Å². The first kappa shape index (κ1) is 99.0. The molecule has 0 atom stereocenters. The number of phenolic OH excluding ortho intramolecular Hbond substituents is 1. The fourth-order valence-corrected chi connectivity index (χ4v) is 9.19. The molecule has 24 nitrogen and oxygen atoms in total. The SMILES string of the molecule is C=C(C)C(=O)OCCOc1ccccc1.C=C(C)C(=O)Oc1ccccc1.C=CC(=O)OCCOCCOc1ccccc1.C=CC(=O)OCCOc1ccccc1.C=CC(=O)Oc1ccc(N(C)C)c2ccccc12.C=CC(=O)Oc1ccc2cc(O)ccc2c1.C=CC(=O)Oc1ccc2cc(OCOC)ccc2c1.C=CC(=O)Oc1ccccc1. The number of ether oxygens (including phenoxy) is 14. The standard InChI is InChI=1S/C15H15NO2.C15H14O4.C13H16O4.C13H10O3.C12H14O3.C11H12O3.C10H10O2.C9H8O2/c1-4-15(17)18-14-10-9-13(16(2)3)11-7-5-6-8-12(11)14;1-3-15(16)19-14-7-5-11-8-13(18-10-17-2)6-4-12(11)9-14;1-2-13(14)17-11-9-15-8-10-16-12-6-4-3-5-7-12;1-2-13(15)16-12-6-4-9-7-11(14)5-3-10(9)8-12;1-10(2)12(13)15-9-8-14-11-6-4-3-5-7-11;1-2-11(12)14-9-8-13-10-6-4-3-5-7-10;1-8(2)10(11)12-9-6-4-3-5-7-9;1-2-9(10)11-8-6-4-3-5-7-8/h4-10H,1H2,2-3H3;3-9H,1,10H2,2H3;2-7H,1,8-11H2;2-8,14H,1H2;3-7H,1,8-9H2,2H3;2-7H,1,8-9H2;3-7H,1H2,2H3;2-7H,1H2.